The van der Waals surface area contributed by atoms with E-state index in [4.69, 9.17) is 4.74 Å². The van der Waals surface area contributed by atoms with Crippen LogP contribution in [0.25, 0.3) is 0 Å². The van der Waals surface area contributed by atoms with Gasteiger partial charge in [-0.25, -0.2) is 0 Å². The number of methoxy groups -OCH3 is 1. The van der Waals surface area contributed by atoms with E-state index in [0.29, 0.717) is 6.42 Å². The highest BCUT2D eigenvalue weighted by Crippen LogP contribution is 2.30. The Hall–Kier alpha value is -2.53. The number of ether oxygens (including phenoxy) is 1. The third kappa shape index (κ3) is 5.04. The molecule has 5 heteroatoms. The molecule has 2 fully saturated rings. The molecule has 1 saturated carbocycles. The number of carbonyl (C=O) groups is 1. The fourth-order valence-corrected chi connectivity index (χ4v) is 3.81. The molecule has 2 aliphatic rings. The van der Waals surface area contributed by atoms with E-state index in [9.17, 15) is 4.79 Å². The summed E-state index contributed by atoms with van der Waals surface area (Å²) in [6, 6.07) is 15.8. The highest BCUT2D eigenvalue weighted by molar-refractivity contribution is 5.92. The van der Waals surface area contributed by atoms with Crippen LogP contribution in [0.15, 0.2) is 48.5 Å². The monoisotopic (exact) mass is 379 g/mol. The molecule has 4 rings (SSSR count). The van der Waals surface area contributed by atoms with Gasteiger partial charge in [0, 0.05) is 44.1 Å². The van der Waals surface area contributed by atoms with Crippen molar-refractivity contribution in [1.29, 1.82) is 0 Å². The van der Waals surface area contributed by atoms with Crippen molar-refractivity contribution >= 4 is 17.3 Å². The molecule has 1 aliphatic heterocycles. The van der Waals surface area contributed by atoms with Gasteiger partial charge in [0.1, 0.15) is 5.75 Å². The Morgan fingerprint density at radius 3 is 2.61 bits per heavy atom. The normalized spacial score (nSPS) is 17.4. The first kappa shape index (κ1) is 18.8. The molecule has 2 aromatic carbocycles. The van der Waals surface area contributed by atoms with Crippen molar-refractivity contribution in [3.63, 3.8) is 0 Å². The number of piperazine rings is 1. The number of nitrogens with zero attached hydrogens (tertiary/aromatic N) is 2. The van der Waals surface area contributed by atoms with Crippen LogP contribution in [0, 0.1) is 5.92 Å². The minimum atomic E-state index is -0.0142. The number of rotatable bonds is 7. The predicted molar refractivity (Wildman–Crippen MR) is 113 cm³/mol. The van der Waals surface area contributed by atoms with Gasteiger partial charge in [-0.3, -0.25) is 9.69 Å². The number of anilines is 2. The maximum atomic E-state index is 12.4. The molecule has 1 amide bonds. The lowest BCUT2D eigenvalue weighted by Gasteiger charge is -2.36. The van der Waals surface area contributed by atoms with Gasteiger partial charge in [-0.2, -0.15) is 0 Å². The van der Waals surface area contributed by atoms with Crippen LogP contribution < -0.4 is 15.0 Å². The van der Waals surface area contributed by atoms with Gasteiger partial charge in [-0.05, 0) is 54.7 Å². The quantitative estimate of drug-likeness (QED) is 0.801. The fraction of sp³-hybridized carbons (Fsp3) is 0.435. The smallest absolute Gasteiger partial charge is 0.228 e. The van der Waals surface area contributed by atoms with Gasteiger partial charge in [0.05, 0.1) is 13.5 Å². The summed E-state index contributed by atoms with van der Waals surface area (Å²) >= 11 is 0. The first-order chi connectivity index (χ1) is 13.7. The number of amides is 1. The molecule has 1 N–H and O–H groups in total. The largest absolute Gasteiger partial charge is 0.497 e. The van der Waals surface area contributed by atoms with Gasteiger partial charge in [-0.1, -0.05) is 18.2 Å². The third-order valence-electron chi connectivity index (χ3n) is 5.58. The van der Waals surface area contributed by atoms with E-state index >= 15 is 0 Å². The third-order valence-corrected chi connectivity index (χ3v) is 5.58. The van der Waals surface area contributed by atoms with Crippen LogP contribution in [0.2, 0.25) is 0 Å². The first-order valence-corrected chi connectivity index (χ1v) is 10.2. The van der Waals surface area contributed by atoms with E-state index in [1.807, 2.05) is 36.4 Å². The number of carbonyl (C=O) groups excluding carboxylic acids is 1. The van der Waals surface area contributed by atoms with Crippen molar-refractivity contribution < 1.29 is 9.53 Å². The molecule has 0 radical (unpaired) electrons. The zero-order valence-corrected chi connectivity index (χ0v) is 16.6. The molecule has 148 valence electrons. The lowest BCUT2D eigenvalue weighted by atomic mass is 10.1. The van der Waals surface area contributed by atoms with E-state index < -0.39 is 0 Å². The lowest BCUT2D eigenvalue weighted by Crippen LogP contribution is -2.47. The van der Waals surface area contributed by atoms with Crippen molar-refractivity contribution in [3.8, 4) is 5.75 Å². The van der Waals surface area contributed by atoms with Crippen LogP contribution in [-0.4, -0.2) is 50.6 Å². The van der Waals surface area contributed by atoms with Crippen LogP contribution in [0.5, 0.6) is 5.75 Å². The fourth-order valence-electron chi connectivity index (χ4n) is 3.81. The summed E-state index contributed by atoms with van der Waals surface area (Å²) in [4.78, 5) is 17.5. The molecule has 28 heavy (non-hydrogen) atoms. The Morgan fingerprint density at radius 2 is 1.86 bits per heavy atom. The van der Waals surface area contributed by atoms with E-state index in [-0.39, 0.29) is 5.91 Å². The van der Waals surface area contributed by atoms with Gasteiger partial charge in [0.25, 0.3) is 0 Å². The number of hydrogen-bond acceptors (Lipinski definition) is 4. The van der Waals surface area contributed by atoms with Gasteiger partial charge >= 0.3 is 0 Å². The minimum absolute atomic E-state index is 0.0142. The van der Waals surface area contributed by atoms with Crippen molar-refractivity contribution in [3.05, 3.63) is 54.1 Å². The van der Waals surface area contributed by atoms with Crippen molar-refractivity contribution in [2.24, 2.45) is 5.92 Å². The molecular weight excluding hydrogens is 350 g/mol. The van der Waals surface area contributed by atoms with Crippen molar-refractivity contribution in [2.75, 3.05) is 50.1 Å². The molecule has 5 nitrogen and oxygen atoms in total. The average Bonchev–Trinajstić information content (AvgIpc) is 3.53. The Bertz CT molecular complexity index is 811. The molecule has 1 saturated heterocycles. The Balaban J connectivity index is 1.32. The van der Waals surface area contributed by atoms with E-state index in [1.54, 1.807) is 7.11 Å². The molecule has 0 atom stereocenters. The minimum Gasteiger partial charge on any atom is -0.497 e. The van der Waals surface area contributed by atoms with E-state index in [1.165, 1.54) is 25.1 Å². The van der Waals surface area contributed by atoms with Crippen LogP contribution in [-0.2, 0) is 11.2 Å². The highest BCUT2D eigenvalue weighted by Gasteiger charge is 2.26. The molecule has 0 spiro atoms. The Labute approximate surface area is 167 Å². The molecule has 0 aromatic heterocycles. The summed E-state index contributed by atoms with van der Waals surface area (Å²) in [5.41, 5.74) is 2.98. The van der Waals surface area contributed by atoms with Crippen molar-refractivity contribution in [2.45, 2.75) is 19.3 Å². The summed E-state index contributed by atoms with van der Waals surface area (Å²) in [5.74, 6) is 1.71. The van der Waals surface area contributed by atoms with Gasteiger partial charge in [-0.15, -0.1) is 0 Å². The summed E-state index contributed by atoms with van der Waals surface area (Å²) in [5, 5.41) is 3.03. The summed E-state index contributed by atoms with van der Waals surface area (Å²) in [6.07, 6.45) is 3.16. The average molecular weight is 380 g/mol. The molecule has 0 bridgehead atoms. The molecule has 0 unspecified atom stereocenters. The van der Waals surface area contributed by atoms with Gasteiger partial charge in [0.2, 0.25) is 5.91 Å². The standard InChI is InChI=1S/C23H29N3O2/c1-28-22-7-2-4-19(14-22)15-23(27)24-20-5-3-6-21(16-20)26-12-10-25(11-13-26)17-18-8-9-18/h2-7,14,16,18H,8-13,15,17H2,1H3,(H,24,27). The second-order valence-electron chi connectivity index (χ2n) is 7.86. The first-order valence-electron chi connectivity index (χ1n) is 10.2. The molecule has 1 aliphatic carbocycles. The zero-order chi connectivity index (χ0) is 19.3. The van der Waals surface area contributed by atoms with Gasteiger partial charge < -0.3 is 15.0 Å². The molecule has 2 aromatic rings. The van der Waals surface area contributed by atoms with Gasteiger partial charge in [0.15, 0.2) is 0 Å². The number of benzene rings is 2. The summed E-state index contributed by atoms with van der Waals surface area (Å²) in [6.45, 7) is 5.63. The highest BCUT2D eigenvalue weighted by atomic mass is 16.5. The Kier molecular flexibility index (Phi) is 5.81. The predicted octanol–water partition coefficient (Wildman–Crippen LogP) is 3.41. The maximum absolute atomic E-state index is 12.4. The van der Waals surface area contributed by atoms with Crippen LogP contribution in [0.1, 0.15) is 18.4 Å². The van der Waals surface area contributed by atoms with Crippen LogP contribution in [0.4, 0.5) is 11.4 Å². The Morgan fingerprint density at radius 1 is 1.07 bits per heavy atom. The topological polar surface area (TPSA) is 44.8 Å². The van der Waals surface area contributed by atoms with Crippen LogP contribution >= 0.6 is 0 Å². The number of nitrogens with one attached hydrogen (secondary N) is 1. The molecular formula is C23H29N3O2. The second-order valence-corrected chi connectivity index (χ2v) is 7.86. The maximum Gasteiger partial charge on any atom is 0.228 e. The van der Waals surface area contributed by atoms with E-state index in [0.717, 1.165) is 49.1 Å². The SMILES string of the molecule is COc1cccc(CC(=O)Nc2cccc(N3CCN(CC4CC4)CC3)c2)c1. The molecule has 1 heterocycles. The van der Waals surface area contributed by atoms with E-state index in [2.05, 4.69) is 27.2 Å². The summed E-state index contributed by atoms with van der Waals surface area (Å²) in [7, 11) is 1.64. The van der Waals surface area contributed by atoms with Crippen LogP contribution in [0.3, 0.4) is 0 Å². The number of hydrogen-bond donors (Lipinski definition) is 1. The summed E-state index contributed by atoms with van der Waals surface area (Å²) < 4.78 is 5.23. The van der Waals surface area contributed by atoms with Crippen molar-refractivity contribution in [1.82, 2.24) is 4.90 Å². The zero-order valence-electron chi connectivity index (χ0n) is 16.6. The second kappa shape index (κ2) is 8.65. The lowest BCUT2D eigenvalue weighted by molar-refractivity contribution is -0.115.